The number of hydrazine groups is 2. The number of nitrogens with zero attached hydrogens (tertiary/aromatic N) is 2. The molecule has 11 heteroatoms. The van der Waals surface area contributed by atoms with Crippen LogP contribution in [0.1, 0.15) is 6.42 Å². The molecule has 104 valence electrons. The van der Waals surface area contributed by atoms with Crippen molar-refractivity contribution in [2.24, 2.45) is 23.2 Å². The fourth-order valence-electron chi connectivity index (χ4n) is 1.20. The van der Waals surface area contributed by atoms with Crippen LogP contribution in [0, 0.1) is 0 Å². The number of aliphatic hydroxyl groups excluding tert-OH is 1. The number of aliphatic hydroxyl groups is 1. The quantitative estimate of drug-likeness (QED) is 0.163. The van der Waals surface area contributed by atoms with Crippen LogP contribution in [0.4, 0.5) is 9.59 Å². The van der Waals surface area contributed by atoms with Gasteiger partial charge in [0, 0.05) is 6.42 Å². The topological polar surface area (TPSA) is 202 Å². The number of carboxylic acids is 1. The summed E-state index contributed by atoms with van der Waals surface area (Å²) >= 11 is 0. The molecule has 11 nitrogen and oxygen atoms in total. The Hall–Kier alpha value is -2.11. The predicted octanol–water partition coefficient (Wildman–Crippen LogP) is -3.30. The molecule has 0 aliphatic carbocycles. The number of nitrogens with two attached hydrogens (primary N) is 4. The standard InChI is InChI=1S/C7H16N6O5/c8-6(17)12(10)3(2-14)1-4(5(15)16)13(11)7(9)18/h3-4,14H,1-2,10-11H2,(H2,8,17)(H2,9,18)(H,15,16). The molecule has 0 aromatic heterocycles. The summed E-state index contributed by atoms with van der Waals surface area (Å²) in [7, 11) is 0. The molecule has 10 N–H and O–H groups in total. The summed E-state index contributed by atoms with van der Waals surface area (Å²) in [6, 6.07) is -4.92. The summed E-state index contributed by atoms with van der Waals surface area (Å²) in [4.78, 5) is 32.5. The maximum absolute atomic E-state index is 10.9. The highest BCUT2D eigenvalue weighted by Gasteiger charge is 2.31. The van der Waals surface area contributed by atoms with Gasteiger partial charge in [0.05, 0.1) is 12.6 Å². The van der Waals surface area contributed by atoms with E-state index in [-0.39, 0.29) is 5.01 Å². The van der Waals surface area contributed by atoms with Crippen LogP contribution >= 0.6 is 0 Å². The fraction of sp³-hybridized carbons (Fsp3) is 0.571. The third-order valence-electron chi connectivity index (χ3n) is 2.23. The Morgan fingerprint density at radius 2 is 1.50 bits per heavy atom. The van der Waals surface area contributed by atoms with Crippen LogP contribution in [-0.4, -0.2) is 57.0 Å². The Morgan fingerprint density at radius 1 is 1.06 bits per heavy atom. The summed E-state index contributed by atoms with van der Waals surface area (Å²) < 4.78 is 0. The summed E-state index contributed by atoms with van der Waals surface area (Å²) in [5.41, 5.74) is 9.69. The van der Waals surface area contributed by atoms with Gasteiger partial charge in [-0.05, 0) is 0 Å². The third kappa shape index (κ3) is 4.04. The molecule has 0 aliphatic rings. The molecule has 0 aromatic rings. The molecule has 0 aromatic carbocycles. The van der Waals surface area contributed by atoms with Gasteiger partial charge in [-0.15, -0.1) is 0 Å². The number of rotatable bonds is 6. The first-order valence-electron chi connectivity index (χ1n) is 4.72. The van der Waals surface area contributed by atoms with Crippen LogP contribution in [0.5, 0.6) is 0 Å². The van der Waals surface area contributed by atoms with E-state index in [0.717, 1.165) is 0 Å². The van der Waals surface area contributed by atoms with Crippen molar-refractivity contribution in [2.45, 2.75) is 18.5 Å². The van der Waals surface area contributed by atoms with Crippen LogP contribution in [0.3, 0.4) is 0 Å². The normalized spacial score (nSPS) is 13.5. The molecule has 0 radical (unpaired) electrons. The second-order valence-corrected chi connectivity index (χ2v) is 3.42. The van der Waals surface area contributed by atoms with Gasteiger partial charge < -0.3 is 21.7 Å². The van der Waals surface area contributed by atoms with Crippen molar-refractivity contribution in [2.75, 3.05) is 6.61 Å². The fourth-order valence-corrected chi connectivity index (χ4v) is 1.20. The number of hydrogen-bond donors (Lipinski definition) is 6. The van der Waals surface area contributed by atoms with Gasteiger partial charge in [-0.1, -0.05) is 0 Å². The first kappa shape index (κ1) is 15.9. The number of hydrogen-bond acceptors (Lipinski definition) is 6. The Balaban J connectivity index is 4.90. The van der Waals surface area contributed by atoms with Gasteiger partial charge in [0.2, 0.25) is 0 Å². The number of carbonyl (C=O) groups is 3. The Bertz CT molecular complexity index is 336. The van der Waals surface area contributed by atoms with Crippen LogP contribution in [0.15, 0.2) is 0 Å². The summed E-state index contributed by atoms with van der Waals surface area (Å²) in [5, 5.41) is 18.6. The average Bonchev–Trinajstić information content (AvgIpc) is 2.28. The molecule has 0 aliphatic heterocycles. The zero-order valence-electron chi connectivity index (χ0n) is 9.39. The molecule has 18 heavy (non-hydrogen) atoms. The van der Waals surface area contributed by atoms with Crippen molar-refractivity contribution in [3.05, 3.63) is 0 Å². The highest BCUT2D eigenvalue weighted by atomic mass is 16.4. The Kier molecular flexibility index (Phi) is 5.81. The Morgan fingerprint density at radius 3 is 1.78 bits per heavy atom. The molecule has 0 spiro atoms. The van der Waals surface area contributed by atoms with Crippen molar-refractivity contribution >= 4 is 18.0 Å². The van der Waals surface area contributed by atoms with Gasteiger partial charge in [0.1, 0.15) is 6.04 Å². The molecule has 2 unspecified atom stereocenters. The van der Waals surface area contributed by atoms with Crippen molar-refractivity contribution in [3.8, 4) is 0 Å². The number of primary amides is 2. The highest BCUT2D eigenvalue weighted by Crippen LogP contribution is 2.08. The van der Waals surface area contributed by atoms with E-state index in [4.69, 9.17) is 33.4 Å². The largest absolute Gasteiger partial charge is 0.480 e. The van der Waals surface area contributed by atoms with Crippen LogP contribution in [0.25, 0.3) is 0 Å². The van der Waals surface area contributed by atoms with Crippen LogP contribution in [0.2, 0.25) is 0 Å². The van der Waals surface area contributed by atoms with Gasteiger partial charge >= 0.3 is 18.0 Å². The van der Waals surface area contributed by atoms with Crippen molar-refractivity contribution in [1.82, 2.24) is 10.0 Å². The van der Waals surface area contributed by atoms with Gasteiger partial charge in [-0.25, -0.2) is 31.1 Å². The zero-order chi connectivity index (χ0) is 14.5. The number of carbonyl (C=O) groups excluding carboxylic acids is 2. The van der Waals surface area contributed by atoms with E-state index in [9.17, 15) is 14.4 Å². The predicted molar refractivity (Wildman–Crippen MR) is 58.1 cm³/mol. The molecule has 0 saturated heterocycles. The minimum Gasteiger partial charge on any atom is -0.480 e. The molecule has 4 amide bonds. The number of carboxylic acid groups (broad SMARTS) is 1. The van der Waals surface area contributed by atoms with E-state index < -0.39 is 43.1 Å². The van der Waals surface area contributed by atoms with E-state index in [2.05, 4.69) is 0 Å². The molecule has 0 rings (SSSR count). The second-order valence-electron chi connectivity index (χ2n) is 3.42. The zero-order valence-corrected chi connectivity index (χ0v) is 9.39. The van der Waals surface area contributed by atoms with E-state index in [0.29, 0.717) is 5.01 Å². The molecular weight excluding hydrogens is 248 g/mol. The van der Waals surface area contributed by atoms with Gasteiger partial charge in [0.15, 0.2) is 0 Å². The molecule has 0 saturated carbocycles. The molecule has 0 heterocycles. The summed E-state index contributed by atoms with van der Waals surface area (Å²) in [6.07, 6.45) is -0.426. The number of aliphatic carboxylic acids is 1. The lowest BCUT2D eigenvalue weighted by atomic mass is 10.1. The van der Waals surface area contributed by atoms with Gasteiger partial charge in [0.25, 0.3) is 0 Å². The van der Waals surface area contributed by atoms with E-state index in [1.165, 1.54) is 0 Å². The number of amides is 4. The molecular formula is C7H16N6O5. The van der Waals surface area contributed by atoms with E-state index in [1.807, 2.05) is 0 Å². The van der Waals surface area contributed by atoms with Gasteiger partial charge in [-0.2, -0.15) is 0 Å². The minimum absolute atomic E-state index is 0.264. The monoisotopic (exact) mass is 264 g/mol. The second kappa shape index (κ2) is 6.58. The third-order valence-corrected chi connectivity index (χ3v) is 2.23. The smallest absolute Gasteiger partial charge is 0.329 e. The molecule has 2 atom stereocenters. The van der Waals surface area contributed by atoms with Crippen LogP contribution in [-0.2, 0) is 4.79 Å². The Labute approximate surface area is 102 Å². The van der Waals surface area contributed by atoms with Crippen molar-refractivity contribution < 1.29 is 24.6 Å². The van der Waals surface area contributed by atoms with Crippen molar-refractivity contribution in [1.29, 1.82) is 0 Å². The van der Waals surface area contributed by atoms with E-state index >= 15 is 0 Å². The van der Waals surface area contributed by atoms with Crippen molar-refractivity contribution in [3.63, 3.8) is 0 Å². The van der Waals surface area contributed by atoms with Crippen LogP contribution < -0.4 is 23.2 Å². The summed E-state index contributed by atoms with van der Waals surface area (Å²) in [5.74, 6) is 8.92. The van der Waals surface area contributed by atoms with E-state index in [1.54, 1.807) is 0 Å². The number of urea groups is 2. The maximum Gasteiger partial charge on any atom is 0.329 e. The van der Waals surface area contributed by atoms with Gasteiger partial charge in [-0.3, -0.25) is 5.01 Å². The molecule has 0 fully saturated rings. The summed E-state index contributed by atoms with van der Waals surface area (Å²) in [6.45, 7) is -0.657. The first-order valence-corrected chi connectivity index (χ1v) is 4.72. The maximum atomic E-state index is 10.9. The lowest BCUT2D eigenvalue weighted by molar-refractivity contribution is -0.143. The molecule has 0 bridgehead atoms. The SMILES string of the molecule is NC(=O)N(N)C(CO)CC(C(=O)O)N(N)C(N)=O. The lowest BCUT2D eigenvalue weighted by Crippen LogP contribution is -2.57. The highest BCUT2D eigenvalue weighted by molar-refractivity contribution is 5.81. The first-order chi connectivity index (χ1) is 8.22. The average molecular weight is 264 g/mol. The lowest BCUT2D eigenvalue weighted by Gasteiger charge is -2.29. The minimum atomic E-state index is -1.55.